The van der Waals surface area contributed by atoms with Crippen LogP contribution in [0.4, 0.5) is 0 Å². The smallest absolute Gasteiger partial charge is 0.0979 e. The maximum Gasteiger partial charge on any atom is 0.0979 e. The Morgan fingerprint density at radius 1 is 1.17 bits per heavy atom. The minimum Gasteiger partial charge on any atom is -0.367 e. The van der Waals surface area contributed by atoms with Gasteiger partial charge in [0.2, 0.25) is 0 Å². The highest BCUT2D eigenvalue weighted by atomic mass is 14.6. The number of aromatic amines is 1. The quantitative estimate of drug-likeness (QED) is 0.859. The summed E-state index contributed by atoms with van der Waals surface area (Å²) in [5, 5.41) is 9.44. The predicted molar refractivity (Wildman–Crippen MR) is 73.5 cm³/mol. The standard InChI is InChI=1S/C16H18N2/c1-11(2)13-5-4-12(3)15(8-13)16(9-17)14-6-7-18-10-14/h4-8,10-11,16,18H,1-3H3. The maximum absolute atomic E-state index is 9.44. The molecular formula is C16H18N2. The van der Waals surface area contributed by atoms with Gasteiger partial charge in [0.15, 0.2) is 0 Å². The number of aryl methyl sites for hydroxylation is 1. The van der Waals surface area contributed by atoms with Gasteiger partial charge in [-0.25, -0.2) is 0 Å². The van der Waals surface area contributed by atoms with Crippen LogP contribution in [0.1, 0.15) is 47.9 Å². The van der Waals surface area contributed by atoms with Crippen molar-refractivity contribution in [3.63, 3.8) is 0 Å². The fourth-order valence-corrected chi connectivity index (χ4v) is 2.17. The van der Waals surface area contributed by atoms with Crippen molar-refractivity contribution in [2.75, 3.05) is 0 Å². The topological polar surface area (TPSA) is 39.6 Å². The first kappa shape index (κ1) is 12.4. The molecule has 2 nitrogen and oxygen atoms in total. The number of nitrogens with zero attached hydrogens (tertiary/aromatic N) is 1. The fourth-order valence-electron chi connectivity index (χ4n) is 2.17. The van der Waals surface area contributed by atoms with E-state index in [1.54, 1.807) is 0 Å². The molecule has 0 radical (unpaired) electrons. The lowest BCUT2D eigenvalue weighted by Crippen LogP contribution is -2.01. The van der Waals surface area contributed by atoms with E-state index < -0.39 is 0 Å². The van der Waals surface area contributed by atoms with E-state index >= 15 is 0 Å². The number of aromatic nitrogens is 1. The molecule has 0 saturated carbocycles. The van der Waals surface area contributed by atoms with Gasteiger partial charge in [-0.05, 0) is 41.2 Å². The van der Waals surface area contributed by atoms with Crippen LogP contribution in [0.2, 0.25) is 0 Å². The Morgan fingerprint density at radius 3 is 2.50 bits per heavy atom. The van der Waals surface area contributed by atoms with Crippen LogP contribution >= 0.6 is 0 Å². The summed E-state index contributed by atoms with van der Waals surface area (Å²) in [7, 11) is 0. The Bertz CT molecular complexity index is 559. The highest BCUT2D eigenvalue weighted by Crippen LogP contribution is 2.29. The van der Waals surface area contributed by atoms with Crippen LogP contribution in [0.5, 0.6) is 0 Å². The average Bonchev–Trinajstić information content (AvgIpc) is 2.86. The Balaban J connectivity index is 2.49. The molecule has 1 heterocycles. The number of hydrogen-bond donors (Lipinski definition) is 1. The minimum atomic E-state index is -0.185. The number of nitriles is 1. The van der Waals surface area contributed by atoms with Crippen molar-refractivity contribution >= 4 is 0 Å². The third-order valence-electron chi connectivity index (χ3n) is 3.37. The summed E-state index contributed by atoms with van der Waals surface area (Å²) in [6.45, 7) is 6.41. The molecule has 1 aromatic carbocycles. The van der Waals surface area contributed by atoms with Gasteiger partial charge in [0, 0.05) is 12.4 Å². The van der Waals surface area contributed by atoms with Crippen molar-refractivity contribution in [2.24, 2.45) is 0 Å². The molecule has 18 heavy (non-hydrogen) atoms. The van der Waals surface area contributed by atoms with Gasteiger partial charge in [-0.2, -0.15) is 5.26 Å². The molecule has 1 atom stereocenters. The van der Waals surface area contributed by atoms with E-state index in [9.17, 15) is 5.26 Å². The third-order valence-corrected chi connectivity index (χ3v) is 3.37. The lowest BCUT2D eigenvalue weighted by molar-refractivity contribution is 0.858. The predicted octanol–water partition coefficient (Wildman–Crippen LogP) is 4.10. The van der Waals surface area contributed by atoms with Crippen LogP contribution in [-0.2, 0) is 0 Å². The molecule has 0 spiro atoms. The number of nitrogens with one attached hydrogen (secondary N) is 1. The van der Waals surface area contributed by atoms with Crippen LogP contribution in [0.25, 0.3) is 0 Å². The molecule has 0 aliphatic heterocycles. The van der Waals surface area contributed by atoms with Gasteiger partial charge < -0.3 is 4.98 Å². The van der Waals surface area contributed by atoms with Crippen LogP contribution in [-0.4, -0.2) is 4.98 Å². The van der Waals surface area contributed by atoms with Crippen LogP contribution in [0, 0.1) is 18.3 Å². The van der Waals surface area contributed by atoms with E-state index in [0.29, 0.717) is 5.92 Å². The van der Waals surface area contributed by atoms with E-state index in [0.717, 1.165) is 11.1 Å². The Kier molecular flexibility index (Phi) is 3.53. The van der Waals surface area contributed by atoms with Crippen molar-refractivity contribution < 1.29 is 0 Å². The van der Waals surface area contributed by atoms with E-state index in [4.69, 9.17) is 0 Å². The lowest BCUT2D eigenvalue weighted by Gasteiger charge is -2.14. The molecule has 1 unspecified atom stereocenters. The Morgan fingerprint density at radius 2 is 1.94 bits per heavy atom. The zero-order chi connectivity index (χ0) is 13.1. The minimum absolute atomic E-state index is 0.185. The summed E-state index contributed by atoms with van der Waals surface area (Å²) in [6, 6.07) is 10.8. The normalized spacial score (nSPS) is 12.4. The second kappa shape index (κ2) is 5.10. The molecule has 1 aromatic heterocycles. The largest absolute Gasteiger partial charge is 0.367 e. The molecular weight excluding hydrogens is 220 g/mol. The van der Waals surface area contributed by atoms with E-state index in [1.807, 2.05) is 18.5 Å². The van der Waals surface area contributed by atoms with Gasteiger partial charge in [0.1, 0.15) is 0 Å². The van der Waals surface area contributed by atoms with Crippen LogP contribution < -0.4 is 0 Å². The van der Waals surface area contributed by atoms with Gasteiger partial charge in [-0.1, -0.05) is 32.0 Å². The van der Waals surface area contributed by atoms with E-state index in [-0.39, 0.29) is 5.92 Å². The number of rotatable bonds is 3. The van der Waals surface area contributed by atoms with Gasteiger partial charge in [-0.3, -0.25) is 0 Å². The zero-order valence-corrected chi connectivity index (χ0v) is 11.1. The highest BCUT2D eigenvalue weighted by molar-refractivity contribution is 5.43. The summed E-state index contributed by atoms with van der Waals surface area (Å²) in [5.74, 6) is 0.296. The molecule has 2 rings (SSSR count). The Labute approximate surface area is 108 Å². The highest BCUT2D eigenvalue weighted by Gasteiger charge is 2.17. The fraction of sp³-hybridized carbons (Fsp3) is 0.312. The first-order valence-corrected chi connectivity index (χ1v) is 6.26. The second-order valence-corrected chi connectivity index (χ2v) is 4.98. The van der Waals surface area contributed by atoms with E-state index in [1.165, 1.54) is 11.1 Å². The first-order valence-electron chi connectivity index (χ1n) is 6.26. The second-order valence-electron chi connectivity index (χ2n) is 4.98. The maximum atomic E-state index is 9.44. The molecule has 0 aliphatic carbocycles. The third kappa shape index (κ3) is 2.31. The van der Waals surface area contributed by atoms with Crippen molar-refractivity contribution in [1.29, 1.82) is 5.26 Å². The molecule has 2 heteroatoms. The number of hydrogen-bond acceptors (Lipinski definition) is 1. The van der Waals surface area contributed by atoms with Crippen molar-refractivity contribution in [2.45, 2.75) is 32.6 Å². The summed E-state index contributed by atoms with van der Waals surface area (Å²) >= 11 is 0. The summed E-state index contributed by atoms with van der Waals surface area (Å²) in [5.41, 5.74) is 4.60. The van der Waals surface area contributed by atoms with Crippen LogP contribution in [0.15, 0.2) is 36.7 Å². The van der Waals surface area contributed by atoms with Crippen LogP contribution in [0.3, 0.4) is 0 Å². The molecule has 0 bridgehead atoms. The monoisotopic (exact) mass is 238 g/mol. The number of H-pyrrole nitrogens is 1. The van der Waals surface area contributed by atoms with Gasteiger partial charge in [-0.15, -0.1) is 0 Å². The van der Waals surface area contributed by atoms with E-state index in [2.05, 4.69) is 50.0 Å². The SMILES string of the molecule is Cc1ccc(C(C)C)cc1C(C#N)c1cc[nH]c1. The number of benzene rings is 1. The molecule has 0 amide bonds. The molecule has 2 aromatic rings. The first-order chi connectivity index (χ1) is 8.63. The molecule has 0 fully saturated rings. The van der Waals surface area contributed by atoms with Crippen molar-refractivity contribution in [3.8, 4) is 6.07 Å². The molecule has 92 valence electrons. The molecule has 0 aliphatic rings. The summed E-state index contributed by atoms with van der Waals surface area (Å²) in [4.78, 5) is 3.02. The average molecular weight is 238 g/mol. The molecule has 1 N–H and O–H groups in total. The van der Waals surface area contributed by atoms with Gasteiger partial charge in [0.25, 0.3) is 0 Å². The summed E-state index contributed by atoms with van der Waals surface area (Å²) in [6.07, 6.45) is 3.76. The van der Waals surface area contributed by atoms with Gasteiger partial charge >= 0.3 is 0 Å². The van der Waals surface area contributed by atoms with Crippen molar-refractivity contribution in [1.82, 2.24) is 4.98 Å². The summed E-state index contributed by atoms with van der Waals surface area (Å²) < 4.78 is 0. The van der Waals surface area contributed by atoms with Gasteiger partial charge in [0.05, 0.1) is 12.0 Å². The molecule has 0 saturated heterocycles. The lowest BCUT2D eigenvalue weighted by atomic mass is 9.88. The van der Waals surface area contributed by atoms with Crippen molar-refractivity contribution in [3.05, 3.63) is 58.9 Å². The Hall–Kier alpha value is -2.01. The zero-order valence-electron chi connectivity index (χ0n) is 11.1.